The molecular weight excluding hydrogens is 302 g/mol. The standard InChI is InChI=1S/C14H17N5O2S/c1-9-12(16-14(20)13(18-21)10(2)22-3)8-19(17-9)11-5-4-6-15-7-11/h4-8,10,21H,1-3H3,(H,16,20). The van der Waals surface area contributed by atoms with Gasteiger partial charge >= 0.3 is 0 Å². The molecule has 0 aromatic carbocycles. The molecule has 0 spiro atoms. The maximum absolute atomic E-state index is 12.2. The highest BCUT2D eigenvalue weighted by Gasteiger charge is 2.20. The number of anilines is 1. The lowest BCUT2D eigenvalue weighted by Crippen LogP contribution is -2.30. The van der Waals surface area contributed by atoms with Crippen LogP contribution in [0.3, 0.4) is 0 Å². The van der Waals surface area contributed by atoms with Gasteiger partial charge in [0.05, 0.1) is 34.7 Å². The Balaban J connectivity index is 2.21. The van der Waals surface area contributed by atoms with Crippen molar-refractivity contribution < 1.29 is 10.0 Å². The van der Waals surface area contributed by atoms with Crippen LogP contribution >= 0.6 is 11.8 Å². The number of aromatic nitrogens is 3. The molecule has 0 aliphatic carbocycles. The van der Waals surface area contributed by atoms with Crippen LogP contribution in [0.1, 0.15) is 12.6 Å². The molecule has 116 valence electrons. The molecule has 2 N–H and O–H groups in total. The number of nitrogens with zero attached hydrogens (tertiary/aromatic N) is 4. The summed E-state index contributed by atoms with van der Waals surface area (Å²) in [5, 5.41) is 19.0. The lowest BCUT2D eigenvalue weighted by molar-refractivity contribution is -0.110. The third kappa shape index (κ3) is 3.45. The molecule has 2 heterocycles. The highest BCUT2D eigenvalue weighted by Crippen LogP contribution is 2.17. The van der Waals surface area contributed by atoms with Crippen LogP contribution in [-0.4, -0.2) is 43.1 Å². The van der Waals surface area contributed by atoms with Crippen molar-refractivity contribution in [3.05, 3.63) is 36.4 Å². The van der Waals surface area contributed by atoms with E-state index in [2.05, 4.69) is 20.6 Å². The minimum absolute atomic E-state index is 0.0704. The number of hydrogen-bond donors (Lipinski definition) is 2. The summed E-state index contributed by atoms with van der Waals surface area (Å²) in [7, 11) is 0. The molecule has 0 radical (unpaired) electrons. The first-order valence-corrected chi connectivity index (χ1v) is 7.88. The van der Waals surface area contributed by atoms with E-state index in [0.717, 1.165) is 5.69 Å². The van der Waals surface area contributed by atoms with Crippen molar-refractivity contribution in [3.8, 4) is 5.69 Å². The minimum Gasteiger partial charge on any atom is -0.410 e. The number of oxime groups is 1. The molecule has 0 bridgehead atoms. The fourth-order valence-electron chi connectivity index (χ4n) is 1.81. The van der Waals surface area contributed by atoms with Crippen molar-refractivity contribution in [1.29, 1.82) is 0 Å². The summed E-state index contributed by atoms with van der Waals surface area (Å²) in [6.07, 6.45) is 6.89. The monoisotopic (exact) mass is 319 g/mol. The number of amides is 1. The van der Waals surface area contributed by atoms with Gasteiger partial charge in [0.25, 0.3) is 5.91 Å². The average Bonchev–Trinajstić information content (AvgIpc) is 2.89. The zero-order valence-electron chi connectivity index (χ0n) is 12.5. The van der Waals surface area contributed by atoms with Crippen LogP contribution in [0.4, 0.5) is 5.69 Å². The van der Waals surface area contributed by atoms with Crippen LogP contribution in [0.5, 0.6) is 0 Å². The predicted octanol–water partition coefficient (Wildman–Crippen LogP) is 2.10. The maximum Gasteiger partial charge on any atom is 0.274 e. The first-order chi connectivity index (χ1) is 10.6. The fraction of sp³-hybridized carbons (Fsp3) is 0.286. The summed E-state index contributed by atoms with van der Waals surface area (Å²) in [6.45, 7) is 3.58. The van der Waals surface area contributed by atoms with E-state index in [-0.39, 0.29) is 11.0 Å². The highest BCUT2D eigenvalue weighted by atomic mass is 32.2. The van der Waals surface area contributed by atoms with Crippen LogP contribution in [0.25, 0.3) is 5.69 Å². The number of pyridine rings is 1. The molecule has 2 aromatic rings. The van der Waals surface area contributed by atoms with Crippen molar-refractivity contribution in [2.24, 2.45) is 5.16 Å². The Hall–Kier alpha value is -2.35. The van der Waals surface area contributed by atoms with Crippen molar-refractivity contribution in [1.82, 2.24) is 14.8 Å². The third-order valence-electron chi connectivity index (χ3n) is 3.14. The topological polar surface area (TPSA) is 92.4 Å². The Morgan fingerprint density at radius 2 is 2.32 bits per heavy atom. The number of nitrogens with one attached hydrogen (secondary N) is 1. The molecule has 0 saturated heterocycles. The van der Waals surface area contributed by atoms with Crippen molar-refractivity contribution in [2.75, 3.05) is 11.6 Å². The summed E-state index contributed by atoms with van der Waals surface area (Å²) in [5.74, 6) is -0.446. The van der Waals surface area contributed by atoms with E-state index in [0.29, 0.717) is 11.4 Å². The average molecular weight is 319 g/mol. The summed E-state index contributed by atoms with van der Waals surface area (Å²) in [5.41, 5.74) is 2.08. The number of thioether (sulfide) groups is 1. The van der Waals surface area contributed by atoms with Crippen molar-refractivity contribution in [3.63, 3.8) is 0 Å². The van der Waals surface area contributed by atoms with Crippen LogP contribution < -0.4 is 5.32 Å². The highest BCUT2D eigenvalue weighted by molar-refractivity contribution is 8.00. The molecule has 0 saturated carbocycles. The molecular formula is C14H17N5O2S. The van der Waals surface area contributed by atoms with E-state index in [1.807, 2.05) is 12.3 Å². The summed E-state index contributed by atoms with van der Waals surface area (Å²) in [6, 6.07) is 3.67. The Bertz CT molecular complexity index is 684. The maximum atomic E-state index is 12.2. The van der Waals surface area contributed by atoms with Gasteiger partial charge in [-0.2, -0.15) is 16.9 Å². The zero-order valence-corrected chi connectivity index (χ0v) is 13.3. The SMILES string of the molecule is CSC(C)C(=NO)C(=O)Nc1cn(-c2cccnc2)nc1C. The summed E-state index contributed by atoms with van der Waals surface area (Å²) >= 11 is 1.42. The molecule has 1 amide bonds. The number of rotatable bonds is 5. The van der Waals surface area contributed by atoms with Gasteiger partial charge in [0.2, 0.25) is 0 Å². The molecule has 7 nitrogen and oxygen atoms in total. The van der Waals surface area contributed by atoms with Gasteiger partial charge in [-0.1, -0.05) is 5.16 Å². The summed E-state index contributed by atoms with van der Waals surface area (Å²) in [4.78, 5) is 16.2. The van der Waals surface area contributed by atoms with Gasteiger partial charge in [-0.3, -0.25) is 9.78 Å². The van der Waals surface area contributed by atoms with E-state index < -0.39 is 5.91 Å². The molecule has 1 unspecified atom stereocenters. The third-order valence-corrected chi connectivity index (χ3v) is 4.07. The molecule has 0 aliphatic rings. The molecule has 0 aliphatic heterocycles. The number of carbonyl (C=O) groups is 1. The van der Waals surface area contributed by atoms with E-state index in [1.165, 1.54) is 11.8 Å². The van der Waals surface area contributed by atoms with E-state index in [1.54, 1.807) is 43.2 Å². The molecule has 2 rings (SSSR count). The predicted molar refractivity (Wildman–Crippen MR) is 86.9 cm³/mol. The minimum atomic E-state index is -0.446. The quantitative estimate of drug-likeness (QED) is 0.500. The molecule has 22 heavy (non-hydrogen) atoms. The van der Waals surface area contributed by atoms with Gasteiger partial charge in [0.15, 0.2) is 5.71 Å². The largest absolute Gasteiger partial charge is 0.410 e. The van der Waals surface area contributed by atoms with Gasteiger partial charge < -0.3 is 10.5 Å². The molecule has 2 aromatic heterocycles. The first kappa shape index (κ1) is 16.0. The Morgan fingerprint density at radius 1 is 1.55 bits per heavy atom. The van der Waals surface area contributed by atoms with Crippen molar-refractivity contribution >= 4 is 29.1 Å². The molecule has 1 atom stereocenters. The first-order valence-electron chi connectivity index (χ1n) is 6.59. The second-order valence-corrected chi connectivity index (χ2v) is 5.78. The lowest BCUT2D eigenvalue weighted by atomic mass is 10.2. The second kappa shape index (κ2) is 7.08. The zero-order chi connectivity index (χ0) is 16.1. The van der Waals surface area contributed by atoms with Gasteiger partial charge in [-0.25, -0.2) is 4.68 Å². The fourth-order valence-corrected chi connectivity index (χ4v) is 2.19. The van der Waals surface area contributed by atoms with Gasteiger partial charge in [0.1, 0.15) is 0 Å². The summed E-state index contributed by atoms with van der Waals surface area (Å²) < 4.78 is 1.63. The molecule has 8 heteroatoms. The second-order valence-electron chi connectivity index (χ2n) is 4.60. The normalized spacial score (nSPS) is 13.0. The lowest BCUT2D eigenvalue weighted by Gasteiger charge is -2.10. The molecule has 0 fully saturated rings. The Morgan fingerprint density at radius 3 is 2.91 bits per heavy atom. The smallest absolute Gasteiger partial charge is 0.274 e. The van der Waals surface area contributed by atoms with E-state index >= 15 is 0 Å². The van der Waals surface area contributed by atoms with Gasteiger partial charge in [-0.05, 0) is 32.2 Å². The van der Waals surface area contributed by atoms with E-state index in [9.17, 15) is 4.79 Å². The Kier molecular flexibility index (Phi) is 5.16. The number of carbonyl (C=O) groups excluding carboxylic acids is 1. The Labute approximate surface area is 132 Å². The number of aryl methyl sites for hydroxylation is 1. The van der Waals surface area contributed by atoms with Crippen LogP contribution in [0.15, 0.2) is 35.9 Å². The van der Waals surface area contributed by atoms with Gasteiger partial charge in [-0.15, -0.1) is 0 Å². The van der Waals surface area contributed by atoms with Crippen LogP contribution in [-0.2, 0) is 4.79 Å². The number of hydrogen-bond acceptors (Lipinski definition) is 6. The van der Waals surface area contributed by atoms with E-state index in [4.69, 9.17) is 5.21 Å². The van der Waals surface area contributed by atoms with Crippen molar-refractivity contribution in [2.45, 2.75) is 19.1 Å². The van der Waals surface area contributed by atoms with Crippen LogP contribution in [0, 0.1) is 6.92 Å². The van der Waals surface area contributed by atoms with Crippen LogP contribution in [0.2, 0.25) is 0 Å². The van der Waals surface area contributed by atoms with Gasteiger partial charge in [0, 0.05) is 6.20 Å².